The number of hydrogen-bond donors (Lipinski definition) is 1. The largest absolute Gasteiger partial charge is 0.378 e. The lowest BCUT2D eigenvalue weighted by atomic mass is 10.2. The molecule has 0 aliphatic rings. The maximum atomic E-state index is 12.5. The summed E-state index contributed by atoms with van der Waals surface area (Å²) < 4.78 is 0. The third-order valence-corrected chi connectivity index (χ3v) is 4.54. The van der Waals surface area contributed by atoms with Crippen molar-refractivity contribution in [3.63, 3.8) is 0 Å². The molecule has 0 saturated carbocycles. The smallest absolute Gasteiger partial charge is 0.254 e. The molecule has 132 valence electrons. The second kappa shape index (κ2) is 8.58. The fraction of sp³-hybridized carbons (Fsp3) is 0.263. The number of likely N-dealkylation sites (N-methyl/N-ethyl adjacent to an activating group) is 1. The minimum Gasteiger partial charge on any atom is -0.378 e. The van der Waals surface area contributed by atoms with Crippen molar-refractivity contribution in [2.75, 3.05) is 44.2 Å². The molecule has 0 heterocycles. The van der Waals surface area contributed by atoms with Gasteiger partial charge in [-0.05, 0) is 42.7 Å². The Hall–Kier alpha value is -2.47. The first-order chi connectivity index (χ1) is 11.9. The van der Waals surface area contributed by atoms with Gasteiger partial charge >= 0.3 is 0 Å². The molecule has 0 spiro atoms. The number of nitrogens with zero attached hydrogens (tertiary/aromatic N) is 2. The summed E-state index contributed by atoms with van der Waals surface area (Å²) >= 11 is 1.56. The van der Waals surface area contributed by atoms with Crippen molar-refractivity contribution in [1.82, 2.24) is 4.90 Å². The highest BCUT2D eigenvalue weighted by molar-refractivity contribution is 7.98. The van der Waals surface area contributed by atoms with Gasteiger partial charge in [-0.15, -0.1) is 11.8 Å². The normalized spacial score (nSPS) is 10.2. The Bertz CT molecular complexity index is 745. The van der Waals surface area contributed by atoms with E-state index >= 15 is 0 Å². The lowest BCUT2D eigenvalue weighted by molar-refractivity contribution is -0.116. The first-order valence-corrected chi connectivity index (χ1v) is 9.10. The molecule has 2 amide bonds. The van der Waals surface area contributed by atoms with Crippen LogP contribution in [0.15, 0.2) is 53.4 Å². The molecule has 0 aliphatic heterocycles. The van der Waals surface area contributed by atoms with Crippen LogP contribution in [0.4, 0.5) is 11.4 Å². The number of hydrogen-bond acceptors (Lipinski definition) is 4. The van der Waals surface area contributed by atoms with Crippen molar-refractivity contribution in [3.8, 4) is 0 Å². The quantitative estimate of drug-likeness (QED) is 0.807. The maximum Gasteiger partial charge on any atom is 0.254 e. The zero-order valence-electron chi connectivity index (χ0n) is 14.9. The molecule has 0 bridgehead atoms. The summed E-state index contributed by atoms with van der Waals surface area (Å²) in [6.07, 6.45) is 1.96. The van der Waals surface area contributed by atoms with E-state index in [-0.39, 0.29) is 18.4 Å². The van der Waals surface area contributed by atoms with Crippen LogP contribution in [0.25, 0.3) is 0 Å². The first-order valence-electron chi connectivity index (χ1n) is 7.88. The van der Waals surface area contributed by atoms with E-state index < -0.39 is 0 Å². The Balaban J connectivity index is 1.99. The van der Waals surface area contributed by atoms with Crippen molar-refractivity contribution >= 4 is 35.0 Å². The third-order valence-electron chi connectivity index (χ3n) is 3.74. The van der Waals surface area contributed by atoms with E-state index in [2.05, 4.69) is 5.32 Å². The molecule has 2 aromatic rings. The van der Waals surface area contributed by atoms with Crippen LogP contribution >= 0.6 is 11.8 Å². The van der Waals surface area contributed by atoms with Gasteiger partial charge in [0.25, 0.3) is 5.91 Å². The van der Waals surface area contributed by atoms with Gasteiger partial charge < -0.3 is 15.1 Å². The van der Waals surface area contributed by atoms with Gasteiger partial charge in [-0.25, -0.2) is 0 Å². The number of nitrogens with one attached hydrogen (secondary N) is 1. The fourth-order valence-corrected chi connectivity index (χ4v) is 2.90. The van der Waals surface area contributed by atoms with Gasteiger partial charge in [-0.2, -0.15) is 0 Å². The lowest BCUT2D eigenvalue weighted by Crippen LogP contribution is -2.35. The highest BCUT2D eigenvalue weighted by Gasteiger charge is 2.16. The SMILES string of the molecule is CSc1ccccc1NC(=O)CN(C)C(=O)c1ccc(N(C)C)cc1. The molecule has 0 aliphatic carbocycles. The number of amides is 2. The first kappa shape index (κ1) is 18.9. The molecule has 0 fully saturated rings. The van der Waals surface area contributed by atoms with Crippen molar-refractivity contribution in [2.45, 2.75) is 4.90 Å². The van der Waals surface area contributed by atoms with E-state index in [0.29, 0.717) is 5.56 Å². The fourth-order valence-electron chi connectivity index (χ4n) is 2.35. The van der Waals surface area contributed by atoms with E-state index in [0.717, 1.165) is 16.3 Å². The molecule has 0 saturated heterocycles. The van der Waals surface area contributed by atoms with Crippen molar-refractivity contribution < 1.29 is 9.59 Å². The van der Waals surface area contributed by atoms with Crippen molar-refractivity contribution in [3.05, 3.63) is 54.1 Å². The highest BCUT2D eigenvalue weighted by atomic mass is 32.2. The van der Waals surface area contributed by atoms with Crippen LogP contribution in [0.5, 0.6) is 0 Å². The number of thioether (sulfide) groups is 1. The Kier molecular flexibility index (Phi) is 6.47. The predicted molar refractivity (Wildman–Crippen MR) is 105 cm³/mol. The van der Waals surface area contributed by atoms with E-state index in [1.165, 1.54) is 4.90 Å². The maximum absolute atomic E-state index is 12.5. The number of carbonyl (C=O) groups is 2. The number of rotatable bonds is 6. The van der Waals surface area contributed by atoms with Gasteiger partial charge in [0.2, 0.25) is 5.91 Å². The standard InChI is InChI=1S/C19H23N3O2S/c1-21(2)15-11-9-14(10-12-15)19(24)22(3)13-18(23)20-16-7-5-6-8-17(16)25-4/h5-12H,13H2,1-4H3,(H,20,23). The molecule has 0 aromatic heterocycles. The average molecular weight is 357 g/mol. The van der Waals surface area contributed by atoms with Gasteiger partial charge in [-0.3, -0.25) is 9.59 Å². The van der Waals surface area contributed by atoms with E-state index in [1.54, 1.807) is 30.9 Å². The van der Waals surface area contributed by atoms with Crippen LogP contribution in [0, 0.1) is 0 Å². The van der Waals surface area contributed by atoms with Crippen molar-refractivity contribution in [2.24, 2.45) is 0 Å². The second-order valence-corrected chi connectivity index (χ2v) is 6.70. The summed E-state index contributed by atoms with van der Waals surface area (Å²) in [5.74, 6) is -0.402. The van der Waals surface area contributed by atoms with Crippen LogP contribution in [-0.2, 0) is 4.79 Å². The zero-order valence-corrected chi connectivity index (χ0v) is 15.8. The molecular formula is C19H23N3O2S. The molecule has 2 aromatic carbocycles. The molecule has 0 unspecified atom stereocenters. The summed E-state index contributed by atoms with van der Waals surface area (Å²) in [7, 11) is 5.52. The Morgan fingerprint density at radius 3 is 2.24 bits per heavy atom. The monoisotopic (exact) mass is 357 g/mol. The third kappa shape index (κ3) is 5.00. The average Bonchev–Trinajstić information content (AvgIpc) is 2.61. The van der Waals surface area contributed by atoms with E-state index in [9.17, 15) is 9.59 Å². The highest BCUT2D eigenvalue weighted by Crippen LogP contribution is 2.24. The molecule has 1 N–H and O–H groups in total. The van der Waals surface area contributed by atoms with Crippen LogP contribution in [0.1, 0.15) is 10.4 Å². The predicted octanol–water partition coefficient (Wildman–Crippen LogP) is 3.19. The Morgan fingerprint density at radius 2 is 1.64 bits per heavy atom. The summed E-state index contributed by atoms with van der Waals surface area (Å²) in [6, 6.07) is 14.9. The minimum atomic E-state index is -0.220. The van der Waals surface area contributed by atoms with E-state index in [1.807, 2.05) is 61.6 Å². The molecular weight excluding hydrogens is 334 g/mol. The van der Waals surface area contributed by atoms with Gasteiger partial charge in [-0.1, -0.05) is 12.1 Å². The Labute approximate surface area is 153 Å². The molecule has 2 rings (SSSR count). The second-order valence-electron chi connectivity index (χ2n) is 5.85. The summed E-state index contributed by atoms with van der Waals surface area (Å²) in [5.41, 5.74) is 2.34. The van der Waals surface area contributed by atoms with Crippen LogP contribution in [0.2, 0.25) is 0 Å². The molecule has 5 nitrogen and oxygen atoms in total. The summed E-state index contributed by atoms with van der Waals surface area (Å²) in [5, 5.41) is 2.86. The number of anilines is 2. The van der Waals surface area contributed by atoms with E-state index in [4.69, 9.17) is 0 Å². The zero-order chi connectivity index (χ0) is 18.4. The number of carbonyl (C=O) groups excluding carboxylic acids is 2. The van der Waals surface area contributed by atoms with Crippen LogP contribution < -0.4 is 10.2 Å². The molecule has 25 heavy (non-hydrogen) atoms. The summed E-state index contributed by atoms with van der Waals surface area (Å²) in [6.45, 7) is -0.00300. The number of para-hydroxylation sites is 1. The Morgan fingerprint density at radius 1 is 1.00 bits per heavy atom. The van der Waals surface area contributed by atoms with Crippen LogP contribution in [0.3, 0.4) is 0 Å². The lowest BCUT2D eigenvalue weighted by Gasteiger charge is -2.18. The van der Waals surface area contributed by atoms with Gasteiger partial charge in [0, 0.05) is 37.3 Å². The number of benzene rings is 2. The molecule has 0 atom stereocenters. The molecule has 0 radical (unpaired) electrons. The summed E-state index contributed by atoms with van der Waals surface area (Å²) in [4.78, 5) is 29.1. The van der Waals surface area contributed by atoms with Crippen LogP contribution in [-0.4, -0.2) is 50.7 Å². The molecule has 6 heteroatoms. The topological polar surface area (TPSA) is 52.7 Å². The van der Waals surface area contributed by atoms with Gasteiger partial charge in [0.1, 0.15) is 0 Å². The van der Waals surface area contributed by atoms with Crippen molar-refractivity contribution in [1.29, 1.82) is 0 Å². The van der Waals surface area contributed by atoms with Gasteiger partial charge in [0.15, 0.2) is 0 Å². The minimum absolute atomic E-state index is 0.00300. The van der Waals surface area contributed by atoms with Gasteiger partial charge in [0.05, 0.1) is 12.2 Å².